The average Bonchev–Trinajstić information content (AvgIpc) is 3.32. The van der Waals surface area contributed by atoms with E-state index < -0.39 is 11.5 Å². The van der Waals surface area contributed by atoms with Gasteiger partial charge in [0.05, 0.1) is 43.9 Å². The van der Waals surface area contributed by atoms with E-state index in [0.29, 0.717) is 44.0 Å². The summed E-state index contributed by atoms with van der Waals surface area (Å²) < 4.78 is 27.9. The van der Waals surface area contributed by atoms with Crippen molar-refractivity contribution in [2.24, 2.45) is 5.41 Å². The predicted molar refractivity (Wildman–Crippen MR) is 125 cm³/mol. The summed E-state index contributed by atoms with van der Waals surface area (Å²) in [4.78, 5) is 17.6. The Balaban J connectivity index is 1.35. The smallest absolute Gasteiger partial charge is 0.285 e. The Hall–Kier alpha value is -2.98. The molecule has 0 bridgehead atoms. The lowest BCUT2D eigenvalue weighted by molar-refractivity contribution is -0.111. The van der Waals surface area contributed by atoms with Crippen LogP contribution in [-0.4, -0.2) is 57.4 Å². The third kappa shape index (κ3) is 4.27. The van der Waals surface area contributed by atoms with Crippen LogP contribution in [0.25, 0.3) is 11.1 Å². The molecule has 0 aromatic carbocycles. The number of hydrogen-bond donors (Lipinski definition) is 1. The molecule has 0 aliphatic carbocycles. The molecule has 1 N–H and O–H groups in total. The number of rotatable bonds is 6. The second-order valence-electron chi connectivity index (χ2n) is 9.40. The monoisotopic (exact) mass is 488 g/mol. The number of nitrogens with one attached hydrogen (secondary N) is 1. The van der Waals surface area contributed by atoms with Crippen LogP contribution in [0.3, 0.4) is 0 Å². The van der Waals surface area contributed by atoms with E-state index in [1.807, 2.05) is 23.4 Å². The number of ether oxygens (including phenoxy) is 2. The lowest BCUT2D eigenvalue weighted by Gasteiger charge is -2.38. The van der Waals surface area contributed by atoms with Crippen molar-refractivity contribution < 1.29 is 13.9 Å². The van der Waals surface area contributed by atoms with Gasteiger partial charge in [-0.25, -0.2) is 5.10 Å². The molecular formula is C23H26ClFN6O3. The van der Waals surface area contributed by atoms with Gasteiger partial charge in [0.2, 0.25) is 11.8 Å². The van der Waals surface area contributed by atoms with E-state index in [0.717, 1.165) is 23.5 Å². The number of halogens is 2. The molecule has 1 atom stereocenters. The van der Waals surface area contributed by atoms with E-state index in [-0.39, 0.29) is 22.4 Å². The van der Waals surface area contributed by atoms with Crippen LogP contribution in [0.1, 0.15) is 24.7 Å². The summed E-state index contributed by atoms with van der Waals surface area (Å²) in [6.07, 6.45) is 1.96. The van der Waals surface area contributed by atoms with Crippen LogP contribution in [0.2, 0.25) is 5.02 Å². The molecule has 0 unspecified atom stereocenters. The van der Waals surface area contributed by atoms with Gasteiger partial charge in [0.25, 0.3) is 5.56 Å². The molecule has 2 saturated heterocycles. The van der Waals surface area contributed by atoms with Gasteiger partial charge in [0.1, 0.15) is 11.1 Å². The minimum atomic E-state index is -0.616. The Morgan fingerprint density at radius 2 is 2.15 bits per heavy atom. The Labute approximate surface area is 200 Å². The number of aromatic amines is 1. The Bertz CT molecular complexity index is 1290. The lowest BCUT2D eigenvalue weighted by Crippen LogP contribution is -2.43. The number of pyridine rings is 1. The third-order valence-corrected chi connectivity index (χ3v) is 6.79. The van der Waals surface area contributed by atoms with Gasteiger partial charge in [0.15, 0.2) is 0 Å². The van der Waals surface area contributed by atoms with Crippen LogP contribution in [0.4, 0.5) is 10.1 Å². The molecule has 0 amide bonds. The SMILES string of the molecule is Cc1nn(CC2(C)COC2)c(C)c1-c1cc(F)nc(O[C@@H]2CCN(c3cn[nH]c(=O)c3Cl)C2)c1. The third-order valence-electron chi connectivity index (χ3n) is 6.42. The highest BCUT2D eigenvalue weighted by Gasteiger charge is 2.35. The summed E-state index contributed by atoms with van der Waals surface area (Å²) in [5.74, 6) is -0.405. The van der Waals surface area contributed by atoms with Gasteiger partial charge < -0.3 is 14.4 Å². The van der Waals surface area contributed by atoms with Crippen LogP contribution in [-0.2, 0) is 11.3 Å². The molecule has 0 spiro atoms. The fraction of sp³-hybridized carbons (Fsp3) is 0.478. The highest BCUT2D eigenvalue weighted by atomic mass is 35.5. The Morgan fingerprint density at radius 3 is 2.88 bits per heavy atom. The number of aromatic nitrogens is 5. The molecule has 5 rings (SSSR count). The highest BCUT2D eigenvalue weighted by Crippen LogP contribution is 2.34. The van der Waals surface area contributed by atoms with Crippen molar-refractivity contribution in [1.29, 1.82) is 0 Å². The van der Waals surface area contributed by atoms with Gasteiger partial charge in [-0.15, -0.1) is 0 Å². The molecule has 3 aromatic heterocycles. The van der Waals surface area contributed by atoms with Crippen molar-refractivity contribution in [3.8, 4) is 17.0 Å². The van der Waals surface area contributed by atoms with Gasteiger partial charge in [0, 0.05) is 41.8 Å². The zero-order valence-electron chi connectivity index (χ0n) is 19.3. The maximum Gasteiger partial charge on any atom is 0.285 e. The number of aryl methyl sites for hydroxylation is 1. The largest absolute Gasteiger partial charge is 0.472 e. The quantitative estimate of drug-likeness (QED) is 0.532. The minimum Gasteiger partial charge on any atom is -0.472 e. The van der Waals surface area contributed by atoms with Crippen LogP contribution >= 0.6 is 11.6 Å². The van der Waals surface area contributed by atoms with E-state index in [4.69, 9.17) is 26.2 Å². The zero-order chi connectivity index (χ0) is 24.0. The van der Waals surface area contributed by atoms with Crippen LogP contribution in [0, 0.1) is 25.2 Å². The van der Waals surface area contributed by atoms with Gasteiger partial charge in [-0.2, -0.15) is 19.6 Å². The van der Waals surface area contributed by atoms with Crippen LogP contribution in [0.5, 0.6) is 5.88 Å². The topological polar surface area (TPSA) is 98.2 Å². The minimum absolute atomic E-state index is 0.0641. The Morgan fingerprint density at radius 1 is 1.35 bits per heavy atom. The Kier molecular flexibility index (Phi) is 5.81. The van der Waals surface area contributed by atoms with Crippen LogP contribution in [0.15, 0.2) is 23.1 Å². The van der Waals surface area contributed by atoms with Crippen molar-refractivity contribution >= 4 is 17.3 Å². The average molecular weight is 489 g/mol. The summed E-state index contributed by atoms with van der Waals surface area (Å²) in [6.45, 7) is 9.36. The summed E-state index contributed by atoms with van der Waals surface area (Å²) in [5, 5.41) is 10.9. The zero-order valence-corrected chi connectivity index (χ0v) is 20.0. The number of nitrogens with zero attached hydrogens (tertiary/aromatic N) is 5. The second kappa shape index (κ2) is 8.66. The van der Waals surface area contributed by atoms with Gasteiger partial charge in [-0.05, 0) is 19.4 Å². The molecule has 11 heteroatoms. The second-order valence-corrected chi connectivity index (χ2v) is 9.77. The first-order valence-corrected chi connectivity index (χ1v) is 11.5. The summed E-state index contributed by atoms with van der Waals surface area (Å²) >= 11 is 6.13. The van der Waals surface area contributed by atoms with Crippen molar-refractivity contribution in [3.05, 3.63) is 51.0 Å². The first-order chi connectivity index (χ1) is 16.2. The maximum absolute atomic E-state index is 14.5. The van der Waals surface area contributed by atoms with E-state index in [1.165, 1.54) is 12.3 Å². The molecule has 5 heterocycles. The van der Waals surface area contributed by atoms with E-state index in [1.54, 1.807) is 6.07 Å². The van der Waals surface area contributed by atoms with E-state index >= 15 is 0 Å². The van der Waals surface area contributed by atoms with Crippen molar-refractivity contribution in [1.82, 2.24) is 25.0 Å². The molecule has 2 fully saturated rings. The fourth-order valence-electron chi connectivity index (χ4n) is 4.66. The lowest BCUT2D eigenvalue weighted by atomic mass is 9.89. The molecule has 0 radical (unpaired) electrons. The van der Waals surface area contributed by atoms with Crippen molar-refractivity contribution in [2.45, 2.75) is 39.8 Å². The summed E-state index contributed by atoms with van der Waals surface area (Å²) in [7, 11) is 0. The van der Waals surface area contributed by atoms with E-state index in [2.05, 4.69) is 22.1 Å². The first kappa shape index (κ1) is 22.8. The summed E-state index contributed by atoms with van der Waals surface area (Å²) in [6, 6.07) is 3.16. The van der Waals surface area contributed by atoms with E-state index in [9.17, 15) is 9.18 Å². The standard InChI is InChI=1S/C23H26ClFN6O3/c1-13-20(14(2)31(29-13)10-23(3)11-33-12-23)15-6-18(25)27-19(7-15)34-16-4-5-30(9-16)17-8-26-28-22(32)21(17)24/h6-8,16H,4-5,9-12H2,1-3H3,(H,28,32)/t16-/m1/s1. The molecule has 2 aliphatic heterocycles. The van der Waals surface area contributed by atoms with Gasteiger partial charge in [-0.3, -0.25) is 9.48 Å². The number of H-pyrrole nitrogens is 1. The molecule has 0 saturated carbocycles. The highest BCUT2D eigenvalue weighted by molar-refractivity contribution is 6.33. The number of hydrogen-bond acceptors (Lipinski definition) is 7. The molecule has 9 nitrogen and oxygen atoms in total. The normalized spacial score (nSPS) is 19.3. The molecule has 3 aromatic rings. The summed E-state index contributed by atoms with van der Waals surface area (Å²) in [5.41, 5.74) is 3.51. The van der Waals surface area contributed by atoms with Gasteiger partial charge in [-0.1, -0.05) is 18.5 Å². The van der Waals surface area contributed by atoms with Crippen LogP contribution < -0.4 is 15.2 Å². The molecule has 2 aliphatic rings. The fourth-order valence-corrected chi connectivity index (χ4v) is 4.87. The molecule has 34 heavy (non-hydrogen) atoms. The van der Waals surface area contributed by atoms with Crippen molar-refractivity contribution in [2.75, 3.05) is 31.2 Å². The first-order valence-electron chi connectivity index (χ1n) is 11.2. The molecule has 180 valence electrons. The maximum atomic E-state index is 14.5. The molecular weight excluding hydrogens is 463 g/mol. The van der Waals surface area contributed by atoms with Crippen molar-refractivity contribution in [3.63, 3.8) is 0 Å². The predicted octanol–water partition coefficient (Wildman–Crippen LogP) is 3.13. The number of anilines is 1. The van der Waals surface area contributed by atoms with Gasteiger partial charge >= 0.3 is 0 Å².